The van der Waals surface area contributed by atoms with Crippen LogP contribution in [-0.4, -0.2) is 39.2 Å². The Kier molecular flexibility index (Phi) is 14.4. The number of ether oxygens (including phenoxy) is 1. The summed E-state index contributed by atoms with van der Waals surface area (Å²) in [6, 6.07) is 6.59. The molecule has 0 aromatic heterocycles. The Morgan fingerprint density at radius 2 is 1.10 bits per heavy atom. The van der Waals surface area contributed by atoms with Crippen LogP contribution in [0.4, 0.5) is 0 Å². The van der Waals surface area contributed by atoms with Gasteiger partial charge in [-0.15, -0.1) is 0 Å². The minimum absolute atomic E-state index is 0. The molecule has 3 N–H and O–H groups in total. The summed E-state index contributed by atoms with van der Waals surface area (Å²) in [4.78, 5) is 47.6. The van der Waals surface area contributed by atoms with Crippen molar-refractivity contribution in [3.63, 3.8) is 0 Å². The number of aryl methyl sites for hydroxylation is 2. The summed E-state index contributed by atoms with van der Waals surface area (Å²) in [5.74, 6) is -0.642. The average molecular weight is 809 g/mol. The maximum absolute atomic E-state index is 12.8. The van der Waals surface area contributed by atoms with Crippen LogP contribution in [0.1, 0.15) is 107 Å². The number of hydrogen-bond donors (Lipinski definition) is 3. The molecule has 0 atom stereocenters. The lowest BCUT2D eigenvalue weighted by Gasteiger charge is -2.34. The minimum Gasteiger partial charge on any atom is -0.511 e. The normalized spacial score (nSPS) is 17.0. The third-order valence-corrected chi connectivity index (χ3v) is 9.16. The van der Waals surface area contributed by atoms with Crippen molar-refractivity contribution >= 4 is 92.2 Å². The van der Waals surface area contributed by atoms with Crippen molar-refractivity contribution in [2.45, 2.75) is 107 Å². The summed E-state index contributed by atoms with van der Waals surface area (Å²) in [6.07, 6.45) is 0.751. The molecule has 4 rings (SSSR count). The fourth-order valence-electron chi connectivity index (χ4n) is 4.98. The van der Waals surface area contributed by atoms with E-state index in [9.17, 15) is 24.3 Å². The highest BCUT2D eigenvalue weighted by Gasteiger charge is 2.38. The lowest BCUT2D eigenvalue weighted by atomic mass is 9.87. The van der Waals surface area contributed by atoms with Gasteiger partial charge in [0, 0.05) is 53.4 Å². The van der Waals surface area contributed by atoms with Crippen LogP contribution >= 0.6 is 58.0 Å². The molecule has 2 aliphatic heterocycles. The molecule has 0 saturated heterocycles. The second-order valence-electron chi connectivity index (χ2n) is 16.0. The van der Waals surface area contributed by atoms with Crippen LogP contribution in [0.2, 0.25) is 20.1 Å². The van der Waals surface area contributed by atoms with Crippen molar-refractivity contribution in [1.29, 1.82) is 0 Å². The van der Waals surface area contributed by atoms with Gasteiger partial charge in [0.25, 0.3) is 11.8 Å². The van der Waals surface area contributed by atoms with Crippen molar-refractivity contribution in [1.82, 2.24) is 10.6 Å². The molecule has 0 saturated carbocycles. The summed E-state index contributed by atoms with van der Waals surface area (Å²) in [5, 5.41) is 17.4. The predicted molar refractivity (Wildman–Crippen MR) is 213 cm³/mol. The Morgan fingerprint density at radius 3 is 1.45 bits per heavy atom. The highest BCUT2D eigenvalue weighted by atomic mass is 35.5. The predicted octanol–water partition coefficient (Wildman–Crippen LogP) is 11.1. The van der Waals surface area contributed by atoms with Gasteiger partial charge in [-0.3, -0.25) is 19.2 Å². The van der Waals surface area contributed by atoms with Gasteiger partial charge in [-0.25, -0.2) is 0 Å². The molecule has 0 bridgehead atoms. The molecule has 2 aromatic rings. The first-order chi connectivity index (χ1) is 23.0. The molecule has 0 unspecified atom stereocenters. The van der Waals surface area contributed by atoms with Gasteiger partial charge in [-0.2, -0.15) is 0 Å². The monoisotopic (exact) mass is 806 g/mol. The second-order valence-corrected chi connectivity index (χ2v) is 18.0. The summed E-state index contributed by atoms with van der Waals surface area (Å²) in [7, 11) is 0. The van der Waals surface area contributed by atoms with Crippen LogP contribution in [-0.2, 0) is 23.9 Å². The van der Waals surface area contributed by atoms with E-state index in [1.165, 1.54) is 0 Å². The van der Waals surface area contributed by atoms with Crippen LogP contribution < -0.4 is 10.6 Å². The standard InChI is InChI=1S/C19H23Cl2NO3.C14H15Cl2NO2.C5H9ClO.2H2/c1-10-7-11(20)8-12(21)14(10)15-13(25-17(24)18(2,3)4)9-19(5,6)22-16(15)23;1-7-4-8(15)5-9(16)11(7)12-10(18)6-14(2,3)17-13(12)19;1-5(2,3)4(6)7;;/h7-8H,9H2,1-6H3,(H,22,23);4-5,18H,6H2,1-3H3,(H,17,19);1-3H3;2*1H. The molecule has 0 aliphatic carbocycles. The van der Waals surface area contributed by atoms with Crippen LogP contribution in [0.3, 0.4) is 0 Å². The van der Waals surface area contributed by atoms with Crippen LogP contribution in [0.15, 0.2) is 35.8 Å². The van der Waals surface area contributed by atoms with Crippen LogP contribution in [0.5, 0.6) is 0 Å². The van der Waals surface area contributed by atoms with Crippen molar-refractivity contribution < 1.29 is 31.9 Å². The molecule has 51 heavy (non-hydrogen) atoms. The smallest absolute Gasteiger partial charge is 0.316 e. The first-order valence-electron chi connectivity index (χ1n) is 16.1. The number of carbonyl (C=O) groups is 4. The van der Waals surface area contributed by atoms with E-state index in [1.54, 1.807) is 72.7 Å². The van der Waals surface area contributed by atoms with Crippen molar-refractivity contribution in [2.75, 3.05) is 0 Å². The van der Waals surface area contributed by atoms with Crippen molar-refractivity contribution in [3.05, 3.63) is 78.1 Å². The van der Waals surface area contributed by atoms with Gasteiger partial charge >= 0.3 is 5.97 Å². The second kappa shape index (κ2) is 16.5. The molecule has 284 valence electrons. The van der Waals surface area contributed by atoms with Gasteiger partial charge in [-0.05, 0) is 109 Å². The zero-order chi connectivity index (χ0) is 39.6. The van der Waals surface area contributed by atoms with E-state index < -0.39 is 22.5 Å². The quantitative estimate of drug-likeness (QED) is 0.210. The van der Waals surface area contributed by atoms with Gasteiger partial charge in [0.05, 0.1) is 26.6 Å². The van der Waals surface area contributed by atoms with E-state index in [-0.39, 0.29) is 42.2 Å². The third kappa shape index (κ3) is 12.1. The van der Waals surface area contributed by atoms with E-state index in [0.29, 0.717) is 49.8 Å². The fraction of sp³-hybridized carbons (Fsp3) is 0.474. The molecule has 0 spiro atoms. The number of esters is 1. The minimum atomic E-state index is -0.686. The first kappa shape index (κ1) is 44.4. The fourth-order valence-corrected chi connectivity index (χ4v) is 6.36. The van der Waals surface area contributed by atoms with Gasteiger partial charge < -0.3 is 20.5 Å². The van der Waals surface area contributed by atoms with Crippen LogP contribution in [0, 0.1) is 24.7 Å². The van der Waals surface area contributed by atoms with E-state index in [4.69, 9.17) is 62.7 Å². The average Bonchev–Trinajstić information content (AvgIpc) is 2.89. The first-order valence-corrected chi connectivity index (χ1v) is 18.0. The Morgan fingerprint density at radius 1 is 0.725 bits per heavy atom. The van der Waals surface area contributed by atoms with E-state index in [1.807, 2.05) is 34.6 Å². The highest BCUT2D eigenvalue weighted by molar-refractivity contribution is 6.64. The maximum Gasteiger partial charge on any atom is 0.316 e. The number of nitrogens with one attached hydrogen (secondary N) is 2. The highest BCUT2D eigenvalue weighted by Crippen LogP contribution is 2.39. The lowest BCUT2D eigenvalue weighted by molar-refractivity contribution is -0.149. The third-order valence-electron chi connectivity index (χ3n) is 7.56. The number of benzene rings is 2. The molecular formula is C38H51Cl5N2O6. The Labute approximate surface area is 329 Å². The molecule has 2 amide bonds. The van der Waals surface area contributed by atoms with Gasteiger partial charge in [0.2, 0.25) is 5.24 Å². The van der Waals surface area contributed by atoms with E-state index >= 15 is 0 Å². The molecule has 2 aliphatic rings. The molecule has 2 heterocycles. The Bertz CT molecular complexity index is 1760. The van der Waals surface area contributed by atoms with Crippen LogP contribution in [0.25, 0.3) is 11.1 Å². The molecule has 2 aromatic carbocycles. The Hall–Kier alpha value is -2.75. The number of aliphatic hydroxyl groups excluding tert-OH is 1. The van der Waals surface area contributed by atoms with E-state index in [2.05, 4.69) is 10.6 Å². The number of hydrogen-bond acceptors (Lipinski definition) is 6. The molecule has 8 nitrogen and oxygen atoms in total. The molecular weight excluding hydrogens is 758 g/mol. The van der Waals surface area contributed by atoms with Gasteiger partial charge in [0.15, 0.2) is 0 Å². The number of halogens is 5. The summed E-state index contributed by atoms with van der Waals surface area (Å²) >= 11 is 29.6. The van der Waals surface area contributed by atoms with E-state index in [0.717, 1.165) is 11.1 Å². The largest absolute Gasteiger partial charge is 0.511 e. The molecule has 0 fully saturated rings. The zero-order valence-electron chi connectivity index (χ0n) is 31.1. The Balaban J connectivity index is 0.000000857. The van der Waals surface area contributed by atoms with Gasteiger partial charge in [-0.1, -0.05) is 67.2 Å². The summed E-state index contributed by atoms with van der Waals surface area (Å²) in [6.45, 7) is 21.7. The number of carbonyl (C=O) groups excluding carboxylic acids is 4. The summed E-state index contributed by atoms with van der Waals surface area (Å²) < 4.78 is 5.66. The number of amides is 2. The summed E-state index contributed by atoms with van der Waals surface area (Å²) in [5.41, 5.74) is 1.05. The number of rotatable bonds is 3. The lowest BCUT2D eigenvalue weighted by Crippen LogP contribution is -2.48. The van der Waals surface area contributed by atoms with Crippen molar-refractivity contribution in [2.24, 2.45) is 10.8 Å². The number of aliphatic hydroxyl groups is 1. The van der Waals surface area contributed by atoms with Gasteiger partial charge in [0.1, 0.15) is 11.5 Å². The molecule has 13 heteroatoms. The topological polar surface area (TPSA) is 122 Å². The zero-order valence-corrected chi connectivity index (χ0v) is 34.9. The van der Waals surface area contributed by atoms with Crippen molar-refractivity contribution in [3.8, 4) is 0 Å². The SMILES string of the molecule is CC(C)(C)C(=O)Cl.Cc1cc(Cl)cc(Cl)c1C1=C(O)CC(C)(C)NC1=O.Cc1cc(Cl)cc(Cl)c1C1=C(OC(=O)C(C)(C)C)CC(C)(C)NC1=O.[HH].[HH]. The maximum atomic E-state index is 12.8. The molecule has 0 radical (unpaired) electrons.